The highest BCUT2D eigenvalue weighted by Gasteiger charge is 2.05. The molecular weight excluding hydrogens is 228 g/mol. The summed E-state index contributed by atoms with van der Waals surface area (Å²) in [6.07, 6.45) is 1.75. The molecule has 2 heterocycles. The zero-order valence-electron chi connectivity index (χ0n) is 9.41. The van der Waals surface area contributed by atoms with E-state index in [9.17, 15) is 0 Å². The molecule has 6 heteroatoms. The molecule has 0 radical (unpaired) electrons. The summed E-state index contributed by atoms with van der Waals surface area (Å²) in [4.78, 5) is 16.1. The third-order valence-corrected chi connectivity index (χ3v) is 2.53. The molecule has 4 N–H and O–H groups in total. The van der Waals surface area contributed by atoms with E-state index in [0.29, 0.717) is 5.82 Å². The maximum atomic E-state index is 5.55. The van der Waals surface area contributed by atoms with E-state index in [1.165, 1.54) is 0 Å². The van der Waals surface area contributed by atoms with Crippen LogP contribution in [0.5, 0.6) is 0 Å². The van der Waals surface area contributed by atoms with E-state index in [1.54, 1.807) is 6.20 Å². The Kier molecular flexibility index (Phi) is 2.26. The van der Waals surface area contributed by atoms with Gasteiger partial charge in [-0.25, -0.2) is 0 Å². The molecule has 3 rings (SSSR count). The molecule has 0 unspecified atom stereocenters. The molecular formula is C12H10N6. The molecule has 0 spiro atoms. The molecule has 3 aromatic rings. The number of hydrogen-bond donors (Lipinski definition) is 2. The van der Waals surface area contributed by atoms with Crippen LogP contribution in [-0.4, -0.2) is 19.9 Å². The number of nitrogens with zero attached hydrogens (tertiary/aromatic N) is 4. The Morgan fingerprint density at radius 3 is 2.44 bits per heavy atom. The molecule has 0 atom stereocenters. The number of nitrogen functional groups attached to an aromatic ring is 2. The summed E-state index contributed by atoms with van der Waals surface area (Å²) in [6, 6.07) is 9.57. The first-order valence-electron chi connectivity index (χ1n) is 5.34. The molecule has 0 amide bonds. The number of benzene rings is 1. The standard InChI is InChI=1S/C12H10N6/c13-11-16-10(17-12(14)18-11)8-3-4-9-7(6-8)2-1-5-15-9/h1-6H,(H4,13,14,16,17,18). The van der Waals surface area contributed by atoms with Crippen molar-refractivity contribution >= 4 is 22.8 Å². The summed E-state index contributed by atoms with van der Waals surface area (Å²) in [5.74, 6) is 0.693. The molecule has 2 aromatic heterocycles. The second kappa shape index (κ2) is 3.92. The third kappa shape index (κ3) is 1.80. The lowest BCUT2D eigenvalue weighted by Crippen LogP contribution is -2.04. The Bertz CT molecular complexity index is 704. The molecule has 0 aliphatic rings. The average Bonchev–Trinajstić information content (AvgIpc) is 2.37. The van der Waals surface area contributed by atoms with Gasteiger partial charge in [-0.15, -0.1) is 0 Å². The SMILES string of the molecule is Nc1nc(N)nc(-c2ccc3ncccc3c2)n1. The van der Waals surface area contributed by atoms with Gasteiger partial charge >= 0.3 is 0 Å². The highest BCUT2D eigenvalue weighted by Crippen LogP contribution is 2.21. The summed E-state index contributed by atoms with van der Waals surface area (Å²) in [5.41, 5.74) is 12.9. The highest BCUT2D eigenvalue weighted by atomic mass is 15.1. The van der Waals surface area contributed by atoms with Crippen molar-refractivity contribution in [1.82, 2.24) is 19.9 Å². The fourth-order valence-corrected chi connectivity index (χ4v) is 1.75. The van der Waals surface area contributed by atoms with E-state index in [4.69, 9.17) is 11.5 Å². The Hall–Kier alpha value is -2.76. The Morgan fingerprint density at radius 1 is 0.889 bits per heavy atom. The quantitative estimate of drug-likeness (QED) is 0.661. The highest BCUT2D eigenvalue weighted by molar-refractivity contribution is 5.83. The van der Waals surface area contributed by atoms with Crippen LogP contribution < -0.4 is 11.5 Å². The van der Waals surface area contributed by atoms with Gasteiger partial charge < -0.3 is 11.5 Å². The van der Waals surface area contributed by atoms with Crippen LogP contribution >= 0.6 is 0 Å². The van der Waals surface area contributed by atoms with Gasteiger partial charge in [0.1, 0.15) is 0 Å². The van der Waals surface area contributed by atoms with Crippen LogP contribution in [0.4, 0.5) is 11.9 Å². The summed E-state index contributed by atoms with van der Waals surface area (Å²) < 4.78 is 0. The fraction of sp³-hybridized carbons (Fsp3) is 0. The maximum Gasteiger partial charge on any atom is 0.225 e. The number of anilines is 2. The summed E-state index contributed by atoms with van der Waals surface area (Å²) >= 11 is 0. The number of hydrogen-bond acceptors (Lipinski definition) is 6. The number of fused-ring (bicyclic) bond motifs is 1. The number of rotatable bonds is 1. The second-order valence-electron chi connectivity index (χ2n) is 3.79. The van der Waals surface area contributed by atoms with Gasteiger partial charge in [-0.3, -0.25) is 4.98 Å². The average molecular weight is 238 g/mol. The van der Waals surface area contributed by atoms with E-state index < -0.39 is 0 Å². The minimum absolute atomic E-state index is 0.115. The van der Waals surface area contributed by atoms with Crippen molar-refractivity contribution in [2.75, 3.05) is 11.5 Å². The van der Waals surface area contributed by atoms with Crippen LogP contribution in [0.25, 0.3) is 22.3 Å². The molecule has 0 aliphatic carbocycles. The fourth-order valence-electron chi connectivity index (χ4n) is 1.75. The molecule has 0 aliphatic heterocycles. The molecule has 0 saturated heterocycles. The van der Waals surface area contributed by atoms with Crippen LogP contribution in [0.1, 0.15) is 0 Å². The van der Waals surface area contributed by atoms with Crippen LogP contribution in [-0.2, 0) is 0 Å². The first-order chi connectivity index (χ1) is 8.72. The Balaban J connectivity index is 2.19. The van der Waals surface area contributed by atoms with Gasteiger partial charge in [0.25, 0.3) is 0 Å². The lowest BCUT2D eigenvalue weighted by Gasteiger charge is -2.03. The largest absolute Gasteiger partial charge is 0.368 e. The van der Waals surface area contributed by atoms with Crippen molar-refractivity contribution in [2.24, 2.45) is 0 Å². The maximum absolute atomic E-state index is 5.55. The number of nitrogens with two attached hydrogens (primary N) is 2. The van der Waals surface area contributed by atoms with Crippen molar-refractivity contribution < 1.29 is 0 Å². The lowest BCUT2D eigenvalue weighted by molar-refractivity contribution is 1.09. The predicted octanol–water partition coefficient (Wildman–Crippen LogP) is 1.25. The normalized spacial score (nSPS) is 10.7. The molecule has 6 nitrogen and oxygen atoms in total. The van der Waals surface area contributed by atoms with Crippen molar-refractivity contribution in [3.8, 4) is 11.4 Å². The van der Waals surface area contributed by atoms with E-state index in [1.807, 2.05) is 30.3 Å². The van der Waals surface area contributed by atoms with Crippen LogP contribution in [0.2, 0.25) is 0 Å². The third-order valence-electron chi connectivity index (χ3n) is 2.53. The number of pyridine rings is 1. The number of aromatic nitrogens is 4. The summed E-state index contributed by atoms with van der Waals surface area (Å²) in [7, 11) is 0. The van der Waals surface area contributed by atoms with Crippen molar-refractivity contribution in [3.63, 3.8) is 0 Å². The van der Waals surface area contributed by atoms with Gasteiger partial charge in [-0.05, 0) is 24.3 Å². The van der Waals surface area contributed by atoms with Gasteiger partial charge in [0.15, 0.2) is 5.82 Å². The van der Waals surface area contributed by atoms with Crippen molar-refractivity contribution in [2.45, 2.75) is 0 Å². The zero-order valence-corrected chi connectivity index (χ0v) is 9.41. The molecule has 18 heavy (non-hydrogen) atoms. The van der Waals surface area contributed by atoms with Crippen LogP contribution in [0.3, 0.4) is 0 Å². The smallest absolute Gasteiger partial charge is 0.225 e. The van der Waals surface area contributed by atoms with E-state index in [0.717, 1.165) is 16.5 Å². The minimum atomic E-state index is 0.115. The summed E-state index contributed by atoms with van der Waals surface area (Å²) in [5, 5.41) is 1.01. The molecule has 0 fully saturated rings. The molecule has 0 bridgehead atoms. The lowest BCUT2D eigenvalue weighted by atomic mass is 10.1. The first kappa shape index (κ1) is 10.4. The predicted molar refractivity (Wildman–Crippen MR) is 69.4 cm³/mol. The molecule has 88 valence electrons. The van der Waals surface area contributed by atoms with Gasteiger partial charge in [0.05, 0.1) is 5.52 Å². The van der Waals surface area contributed by atoms with Crippen LogP contribution in [0, 0.1) is 0 Å². The topological polar surface area (TPSA) is 104 Å². The Labute approximate surface area is 103 Å². The Morgan fingerprint density at radius 2 is 1.67 bits per heavy atom. The first-order valence-corrected chi connectivity index (χ1v) is 5.34. The van der Waals surface area contributed by atoms with Crippen molar-refractivity contribution in [3.05, 3.63) is 36.5 Å². The van der Waals surface area contributed by atoms with Gasteiger partial charge in [-0.1, -0.05) is 6.07 Å². The monoisotopic (exact) mass is 238 g/mol. The van der Waals surface area contributed by atoms with Gasteiger partial charge in [0.2, 0.25) is 11.9 Å². The second-order valence-corrected chi connectivity index (χ2v) is 3.79. The van der Waals surface area contributed by atoms with Crippen molar-refractivity contribution in [1.29, 1.82) is 0 Å². The summed E-state index contributed by atoms with van der Waals surface area (Å²) in [6.45, 7) is 0. The van der Waals surface area contributed by atoms with E-state index in [-0.39, 0.29) is 11.9 Å². The van der Waals surface area contributed by atoms with Gasteiger partial charge in [0, 0.05) is 17.1 Å². The molecule has 1 aromatic carbocycles. The van der Waals surface area contributed by atoms with Gasteiger partial charge in [-0.2, -0.15) is 15.0 Å². The van der Waals surface area contributed by atoms with E-state index in [2.05, 4.69) is 19.9 Å². The zero-order chi connectivity index (χ0) is 12.5. The molecule has 0 saturated carbocycles. The van der Waals surface area contributed by atoms with E-state index >= 15 is 0 Å². The minimum Gasteiger partial charge on any atom is -0.368 e. The van der Waals surface area contributed by atoms with Crippen LogP contribution in [0.15, 0.2) is 36.5 Å².